The number of nitrogens with one attached hydrogen (secondary N) is 1. The van der Waals surface area contributed by atoms with Crippen molar-refractivity contribution in [1.82, 2.24) is 14.9 Å². The third kappa shape index (κ3) is 5.44. The van der Waals surface area contributed by atoms with Gasteiger partial charge in [0.05, 0.1) is 17.5 Å². The van der Waals surface area contributed by atoms with E-state index in [0.717, 1.165) is 41.9 Å². The van der Waals surface area contributed by atoms with Crippen LogP contribution in [0.2, 0.25) is 0 Å². The van der Waals surface area contributed by atoms with E-state index in [1.807, 2.05) is 36.4 Å². The van der Waals surface area contributed by atoms with Crippen molar-refractivity contribution in [2.24, 2.45) is 0 Å². The number of nitrogens with zero attached hydrogens (tertiary/aromatic N) is 2. The van der Waals surface area contributed by atoms with Crippen LogP contribution in [0.4, 0.5) is 0 Å². The van der Waals surface area contributed by atoms with Gasteiger partial charge in [-0.2, -0.15) is 0 Å². The van der Waals surface area contributed by atoms with Crippen molar-refractivity contribution in [3.8, 4) is 11.1 Å². The van der Waals surface area contributed by atoms with Gasteiger partial charge in [-0.15, -0.1) is 0 Å². The Labute approximate surface area is 190 Å². The molecule has 0 aliphatic carbocycles. The normalized spacial score (nSPS) is 11.0. The van der Waals surface area contributed by atoms with Crippen LogP contribution in [-0.2, 0) is 24.2 Å². The number of hydrogen-bond acceptors (Lipinski definition) is 2. The Morgan fingerprint density at radius 1 is 0.875 bits per heavy atom. The van der Waals surface area contributed by atoms with Crippen LogP contribution >= 0.6 is 0 Å². The Kier molecular flexibility index (Phi) is 7.34. The zero-order valence-electron chi connectivity index (χ0n) is 18.8. The Hall–Kier alpha value is -3.40. The molecule has 1 aromatic heterocycles. The molecule has 1 amide bonds. The summed E-state index contributed by atoms with van der Waals surface area (Å²) >= 11 is 0. The number of amides is 1. The number of aryl methyl sites for hydroxylation is 1. The van der Waals surface area contributed by atoms with E-state index in [1.54, 1.807) is 0 Å². The van der Waals surface area contributed by atoms with Gasteiger partial charge in [0.1, 0.15) is 5.82 Å². The van der Waals surface area contributed by atoms with Crippen LogP contribution in [0.25, 0.3) is 22.2 Å². The Bertz CT molecular complexity index is 1150. The molecule has 4 aromatic rings. The highest BCUT2D eigenvalue weighted by Gasteiger charge is 2.11. The van der Waals surface area contributed by atoms with Gasteiger partial charge in [0.25, 0.3) is 0 Å². The van der Waals surface area contributed by atoms with Gasteiger partial charge < -0.3 is 9.88 Å². The highest BCUT2D eigenvalue weighted by molar-refractivity contribution is 5.79. The Morgan fingerprint density at radius 2 is 1.59 bits per heavy atom. The number of para-hydroxylation sites is 2. The lowest BCUT2D eigenvalue weighted by atomic mass is 10.0. The fourth-order valence-corrected chi connectivity index (χ4v) is 4.09. The van der Waals surface area contributed by atoms with Crippen LogP contribution in [0.5, 0.6) is 0 Å². The first kappa shape index (κ1) is 21.8. The number of carbonyl (C=O) groups excluding carboxylic acids is 1. The van der Waals surface area contributed by atoms with Gasteiger partial charge in [-0.3, -0.25) is 4.79 Å². The molecule has 3 aromatic carbocycles. The molecule has 0 atom stereocenters. The summed E-state index contributed by atoms with van der Waals surface area (Å²) in [7, 11) is 0. The van der Waals surface area contributed by atoms with Crippen molar-refractivity contribution < 1.29 is 4.79 Å². The van der Waals surface area contributed by atoms with Gasteiger partial charge in [-0.25, -0.2) is 4.98 Å². The predicted octanol–water partition coefficient (Wildman–Crippen LogP) is 5.79. The molecule has 0 unspecified atom stereocenters. The smallest absolute Gasteiger partial charge is 0.224 e. The molecular weight excluding hydrogens is 394 g/mol. The summed E-state index contributed by atoms with van der Waals surface area (Å²) in [6.45, 7) is 3.79. The quantitative estimate of drug-likeness (QED) is 0.327. The minimum Gasteiger partial charge on any atom is -0.355 e. The van der Waals surface area contributed by atoms with Gasteiger partial charge in [-0.1, -0.05) is 86.5 Å². The van der Waals surface area contributed by atoms with E-state index >= 15 is 0 Å². The van der Waals surface area contributed by atoms with Crippen molar-refractivity contribution >= 4 is 16.9 Å². The zero-order chi connectivity index (χ0) is 22.2. The minimum absolute atomic E-state index is 0.0473. The standard InChI is InChI=1S/C28H31N3O/c1-2-3-9-20-31-26-13-8-7-12-25(26)30-27(31)18-19-29-28(32)21-22-14-16-24(17-15-22)23-10-5-4-6-11-23/h4-8,10-17H,2-3,9,18-21H2,1H3,(H,29,32). The summed E-state index contributed by atoms with van der Waals surface area (Å²) in [6.07, 6.45) is 4.69. The summed E-state index contributed by atoms with van der Waals surface area (Å²) in [4.78, 5) is 17.3. The second-order valence-corrected chi connectivity index (χ2v) is 8.22. The molecule has 32 heavy (non-hydrogen) atoms. The number of rotatable bonds is 10. The maximum absolute atomic E-state index is 12.5. The zero-order valence-corrected chi connectivity index (χ0v) is 18.8. The lowest BCUT2D eigenvalue weighted by Gasteiger charge is -2.10. The van der Waals surface area contributed by atoms with Gasteiger partial charge in [0, 0.05) is 19.5 Å². The molecule has 164 valence electrons. The first-order valence-corrected chi connectivity index (χ1v) is 11.6. The SMILES string of the molecule is CCCCCn1c(CCNC(=O)Cc2ccc(-c3ccccc3)cc2)nc2ccccc21. The number of carbonyl (C=O) groups is 1. The lowest BCUT2D eigenvalue weighted by Crippen LogP contribution is -2.28. The molecule has 0 radical (unpaired) electrons. The molecule has 0 aliphatic rings. The molecule has 4 nitrogen and oxygen atoms in total. The summed E-state index contributed by atoms with van der Waals surface area (Å²) in [6, 6.07) is 26.8. The molecular formula is C28H31N3O. The predicted molar refractivity (Wildman–Crippen MR) is 132 cm³/mol. The van der Waals surface area contributed by atoms with Crippen LogP contribution in [0, 0.1) is 0 Å². The molecule has 1 heterocycles. The number of imidazole rings is 1. The van der Waals surface area contributed by atoms with Gasteiger partial charge in [0.2, 0.25) is 5.91 Å². The fraction of sp³-hybridized carbons (Fsp3) is 0.286. The van der Waals surface area contributed by atoms with Crippen LogP contribution in [0.1, 0.15) is 37.6 Å². The maximum Gasteiger partial charge on any atom is 0.224 e. The monoisotopic (exact) mass is 425 g/mol. The van der Waals surface area contributed by atoms with Gasteiger partial charge >= 0.3 is 0 Å². The second kappa shape index (κ2) is 10.8. The van der Waals surface area contributed by atoms with Gasteiger partial charge in [0.15, 0.2) is 0 Å². The van der Waals surface area contributed by atoms with E-state index in [-0.39, 0.29) is 5.91 Å². The van der Waals surface area contributed by atoms with Crippen molar-refractivity contribution in [3.63, 3.8) is 0 Å². The third-order valence-electron chi connectivity index (χ3n) is 5.82. The first-order chi connectivity index (χ1) is 15.7. The molecule has 0 fully saturated rings. The van der Waals surface area contributed by atoms with Crippen molar-refractivity contribution in [2.75, 3.05) is 6.54 Å². The summed E-state index contributed by atoms with van der Waals surface area (Å²) < 4.78 is 2.32. The molecule has 0 saturated carbocycles. The van der Waals surface area contributed by atoms with Crippen molar-refractivity contribution in [2.45, 2.75) is 45.6 Å². The number of benzene rings is 3. The average Bonchev–Trinajstić information content (AvgIpc) is 3.18. The highest BCUT2D eigenvalue weighted by atomic mass is 16.1. The van der Waals surface area contributed by atoms with Crippen molar-refractivity contribution in [1.29, 1.82) is 0 Å². The minimum atomic E-state index is 0.0473. The van der Waals surface area contributed by atoms with E-state index < -0.39 is 0 Å². The van der Waals surface area contributed by atoms with E-state index in [9.17, 15) is 4.79 Å². The lowest BCUT2D eigenvalue weighted by molar-refractivity contribution is -0.120. The van der Waals surface area contributed by atoms with Crippen LogP contribution < -0.4 is 5.32 Å². The average molecular weight is 426 g/mol. The fourth-order valence-electron chi connectivity index (χ4n) is 4.09. The second-order valence-electron chi connectivity index (χ2n) is 8.22. The summed E-state index contributed by atoms with van der Waals surface area (Å²) in [5.41, 5.74) is 5.59. The van der Waals surface area contributed by atoms with E-state index in [4.69, 9.17) is 4.98 Å². The number of aromatic nitrogens is 2. The van der Waals surface area contributed by atoms with E-state index in [0.29, 0.717) is 13.0 Å². The van der Waals surface area contributed by atoms with Crippen LogP contribution in [0.15, 0.2) is 78.9 Å². The first-order valence-electron chi connectivity index (χ1n) is 11.6. The molecule has 1 N–H and O–H groups in total. The van der Waals surface area contributed by atoms with Crippen molar-refractivity contribution in [3.05, 3.63) is 90.3 Å². The number of hydrogen-bond donors (Lipinski definition) is 1. The number of unbranched alkanes of at least 4 members (excludes halogenated alkanes) is 2. The summed E-state index contributed by atoms with van der Waals surface area (Å²) in [5, 5.41) is 3.07. The largest absolute Gasteiger partial charge is 0.355 e. The molecule has 0 bridgehead atoms. The molecule has 0 saturated heterocycles. The Balaban J connectivity index is 1.33. The number of fused-ring (bicyclic) bond motifs is 1. The molecule has 4 heteroatoms. The Morgan fingerprint density at radius 3 is 2.38 bits per heavy atom. The van der Waals surface area contributed by atoms with E-state index in [2.05, 4.69) is 59.3 Å². The van der Waals surface area contributed by atoms with Gasteiger partial charge in [-0.05, 0) is 35.2 Å². The highest BCUT2D eigenvalue weighted by Crippen LogP contribution is 2.20. The molecule has 4 rings (SSSR count). The van der Waals surface area contributed by atoms with Crippen LogP contribution in [0.3, 0.4) is 0 Å². The molecule has 0 aliphatic heterocycles. The maximum atomic E-state index is 12.5. The molecule has 0 spiro atoms. The van der Waals surface area contributed by atoms with Crippen LogP contribution in [-0.4, -0.2) is 22.0 Å². The third-order valence-corrected chi connectivity index (χ3v) is 5.82. The summed E-state index contributed by atoms with van der Waals surface area (Å²) in [5.74, 6) is 1.10. The topological polar surface area (TPSA) is 46.9 Å². The van der Waals surface area contributed by atoms with E-state index in [1.165, 1.54) is 23.9 Å².